The lowest BCUT2D eigenvalue weighted by Crippen LogP contribution is -2.13. The molecule has 8 heteroatoms. The zero-order valence-corrected chi connectivity index (χ0v) is 13.8. The minimum Gasteiger partial charge on any atom is -0.505 e. The van der Waals surface area contributed by atoms with Gasteiger partial charge in [0, 0.05) is 11.9 Å². The van der Waals surface area contributed by atoms with Gasteiger partial charge in [0.1, 0.15) is 4.90 Å². The first-order valence-corrected chi connectivity index (χ1v) is 8.74. The standard InChI is InChI=1S/C15H14ClN3O3S/c1-2-19-13-8-11(7-6-10(13)9-17-19)18-23(21,22)14-5-3-4-12(16)15(14)20/h3-9,18,20H,2H2,1H3. The van der Waals surface area contributed by atoms with Crippen LogP contribution in [0, 0.1) is 0 Å². The fourth-order valence-corrected chi connectivity index (χ4v) is 3.71. The van der Waals surface area contributed by atoms with Crippen LogP contribution in [-0.4, -0.2) is 23.3 Å². The maximum atomic E-state index is 12.5. The average Bonchev–Trinajstić information content (AvgIpc) is 2.91. The third-order valence-electron chi connectivity index (χ3n) is 3.44. The van der Waals surface area contributed by atoms with Gasteiger partial charge in [0.2, 0.25) is 0 Å². The van der Waals surface area contributed by atoms with E-state index in [0.717, 1.165) is 10.9 Å². The number of benzene rings is 2. The van der Waals surface area contributed by atoms with Crippen LogP contribution in [0.25, 0.3) is 10.9 Å². The van der Waals surface area contributed by atoms with Crippen LogP contribution in [0.2, 0.25) is 5.02 Å². The van der Waals surface area contributed by atoms with Crippen molar-refractivity contribution in [1.29, 1.82) is 0 Å². The molecule has 0 bridgehead atoms. The second kappa shape index (κ2) is 5.75. The second-order valence-electron chi connectivity index (χ2n) is 4.93. The topological polar surface area (TPSA) is 84.2 Å². The van der Waals surface area contributed by atoms with Crippen molar-refractivity contribution in [2.45, 2.75) is 18.4 Å². The molecule has 3 rings (SSSR count). The van der Waals surface area contributed by atoms with Gasteiger partial charge in [-0.05, 0) is 37.3 Å². The van der Waals surface area contributed by atoms with Gasteiger partial charge < -0.3 is 5.11 Å². The fourth-order valence-electron chi connectivity index (χ4n) is 2.31. The van der Waals surface area contributed by atoms with Gasteiger partial charge in [-0.2, -0.15) is 5.10 Å². The molecule has 0 radical (unpaired) electrons. The summed E-state index contributed by atoms with van der Waals surface area (Å²) in [6, 6.07) is 9.30. The smallest absolute Gasteiger partial charge is 0.265 e. The highest BCUT2D eigenvalue weighted by Gasteiger charge is 2.20. The molecular formula is C15H14ClN3O3S. The molecule has 6 nitrogen and oxygen atoms in total. The Hall–Kier alpha value is -2.25. The van der Waals surface area contributed by atoms with Gasteiger partial charge in [0.05, 0.1) is 22.4 Å². The SMILES string of the molecule is CCn1ncc2ccc(NS(=O)(=O)c3cccc(Cl)c3O)cc21. The molecule has 0 aliphatic rings. The number of anilines is 1. The number of nitrogens with one attached hydrogen (secondary N) is 1. The summed E-state index contributed by atoms with van der Waals surface area (Å²) in [6.07, 6.45) is 1.72. The zero-order chi connectivity index (χ0) is 16.6. The lowest BCUT2D eigenvalue weighted by atomic mass is 10.2. The van der Waals surface area contributed by atoms with E-state index in [1.165, 1.54) is 18.2 Å². The summed E-state index contributed by atoms with van der Waals surface area (Å²) in [6.45, 7) is 2.63. The molecule has 0 spiro atoms. The average molecular weight is 352 g/mol. The van der Waals surface area contributed by atoms with Crippen molar-refractivity contribution in [2.75, 3.05) is 4.72 Å². The maximum absolute atomic E-state index is 12.5. The second-order valence-corrected chi connectivity index (χ2v) is 6.98. The molecule has 2 aromatic carbocycles. The molecule has 1 heterocycles. The van der Waals surface area contributed by atoms with Gasteiger partial charge in [0.25, 0.3) is 10.0 Å². The van der Waals surface area contributed by atoms with Gasteiger partial charge in [-0.3, -0.25) is 9.40 Å². The Morgan fingerprint density at radius 2 is 2.09 bits per heavy atom. The quantitative estimate of drug-likeness (QED) is 0.755. The number of hydrogen-bond donors (Lipinski definition) is 2. The van der Waals surface area contributed by atoms with Crippen LogP contribution in [0.5, 0.6) is 5.75 Å². The summed E-state index contributed by atoms with van der Waals surface area (Å²) < 4.78 is 29.1. The molecule has 1 aromatic heterocycles. The van der Waals surface area contributed by atoms with Crippen molar-refractivity contribution in [2.24, 2.45) is 0 Å². The number of aromatic nitrogens is 2. The van der Waals surface area contributed by atoms with Crippen molar-refractivity contribution >= 4 is 38.2 Å². The van der Waals surface area contributed by atoms with Crippen LogP contribution in [-0.2, 0) is 16.6 Å². The molecule has 0 aliphatic heterocycles. The van der Waals surface area contributed by atoms with E-state index in [1.807, 2.05) is 6.92 Å². The van der Waals surface area contributed by atoms with Crippen molar-refractivity contribution in [3.63, 3.8) is 0 Å². The molecule has 0 saturated heterocycles. The highest BCUT2D eigenvalue weighted by atomic mass is 35.5. The number of halogens is 1. The van der Waals surface area contributed by atoms with Crippen molar-refractivity contribution in [3.05, 3.63) is 47.6 Å². The Morgan fingerprint density at radius 3 is 2.83 bits per heavy atom. The number of phenolic OH excluding ortho intramolecular Hbond substituents is 1. The molecule has 120 valence electrons. The minimum absolute atomic E-state index is 0.0209. The number of sulfonamides is 1. The van der Waals surface area contributed by atoms with Gasteiger partial charge in [0.15, 0.2) is 5.75 Å². The number of hydrogen-bond acceptors (Lipinski definition) is 4. The predicted molar refractivity (Wildman–Crippen MR) is 89.3 cm³/mol. The Balaban J connectivity index is 2.02. The lowest BCUT2D eigenvalue weighted by Gasteiger charge is -2.10. The van der Waals surface area contributed by atoms with E-state index < -0.39 is 15.8 Å². The monoisotopic (exact) mass is 351 g/mol. The van der Waals surface area contributed by atoms with Gasteiger partial charge in [-0.25, -0.2) is 8.42 Å². The molecule has 0 unspecified atom stereocenters. The van der Waals surface area contributed by atoms with E-state index in [4.69, 9.17) is 11.6 Å². The van der Waals surface area contributed by atoms with E-state index in [1.54, 1.807) is 29.1 Å². The normalized spacial score (nSPS) is 11.7. The summed E-state index contributed by atoms with van der Waals surface area (Å²) in [7, 11) is -3.95. The summed E-state index contributed by atoms with van der Waals surface area (Å²) in [5.41, 5.74) is 1.20. The number of fused-ring (bicyclic) bond motifs is 1. The summed E-state index contributed by atoms with van der Waals surface area (Å²) in [5.74, 6) is -0.471. The molecule has 0 atom stereocenters. The van der Waals surface area contributed by atoms with Gasteiger partial charge in [-0.1, -0.05) is 17.7 Å². The number of aryl methyl sites for hydroxylation is 1. The van der Waals surface area contributed by atoms with E-state index >= 15 is 0 Å². The molecule has 0 aliphatic carbocycles. The van der Waals surface area contributed by atoms with Crippen molar-refractivity contribution < 1.29 is 13.5 Å². The van der Waals surface area contributed by atoms with E-state index in [0.29, 0.717) is 12.2 Å². The van der Waals surface area contributed by atoms with E-state index in [-0.39, 0.29) is 9.92 Å². The van der Waals surface area contributed by atoms with Crippen molar-refractivity contribution in [3.8, 4) is 5.75 Å². The number of nitrogens with zero attached hydrogens (tertiary/aromatic N) is 2. The highest BCUT2D eigenvalue weighted by molar-refractivity contribution is 7.92. The van der Waals surface area contributed by atoms with Crippen LogP contribution in [0.1, 0.15) is 6.92 Å². The van der Waals surface area contributed by atoms with Crippen molar-refractivity contribution in [1.82, 2.24) is 9.78 Å². The van der Waals surface area contributed by atoms with Gasteiger partial charge in [-0.15, -0.1) is 0 Å². The molecule has 2 N–H and O–H groups in total. The Kier molecular flexibility index (Phi) is 3.91. The van der Waals surface area contributed by atoms with Crippen LogP contribution in [0.15, 0.2) is 47.5 Å². The van der Waals surface area contributed by atoms with Crippen LogP contribution < -0.4 is 4.72 Å². The molecule has 0 saturated carbocycles. The first-order chi connectivity index (χ1) is 10.9. The first kappa shape index (κ1) is 15.6. The summed E-state index contributed by atoms with van der Waals surface area (Å²) in [5, 5.41) is 15.0. The first-order valence-electron chi connectivity index (χ1n) is 6.88. The number of phenols is 1. The highest BCUT2D eigenvalue weighted by Crippen LogP contribution is 2.32. The third-order valence-corrected chi connectivity index (χ3v) is 5.15. The molecular weight excluding hydrogens is 338 g/mol. The number of para-hydroxylation sites is 1. The van der Waals surface area contributed by atoms with E-state index in [2.05, 4.69) is 9.82 Å². The third kappa shape index (κ3) is 2.85. The number of rotatable bonds is 4. The largest absolute Gasteiger partial charge is 0.505 e. The molecule has 0 amide bonds. The van der Waals surface area contributed by atoms with Crippen LogP contribution >= 0.6 is 11.6 Å². The Labute approximate surface area is 138 Å². The number of aromatic hydroxyl groups is 1. The van der Waals surface area contributed by atoms with E-state index in [9.17, 15) is 13.5 Å². The predicted octanol–water partition coefficient (Wildman–Crippen LogP) is 3.22. The fraction of sp³-hybridized carbons (Fsp3) is 0.133. The Bertz CT molecular complexity index is 983. The summed E-state index contributed by atoms with van der Waals surface area (Å²) >= 11 is 5.77. The van der Waals surface area contributed by atoms with Crippen LogP contribution in [0.3, 0.4) is 0 Å². The van der Waals surface area contributed by atoms with Gasteiger partial charge >= 0.3 is 0 Å². The van der Waals surface area contributed by atoms with Crippen LogP contribution in [0.4, 0.5) is 5.69 Å². The molecule has 3 aromatic rings. The Morgan fingerprint density at radius 1 is 1.30 bits per heavy atom. The molecule has 0 fully saturated rings. The molecule has 23 heavy (non-hydrogen) atoms. The lowest BCUT2D eigenvalue weighted by molar-refractivity contribution is 0.459. The minimum atomic E-state index is -3.95. The zero-order valence-electron chi connectivity index (χ0n) is 12.2. The summed E-state index contributed by atoms with van der Waals surface area (Å²) in [4.78, 5) is -0.269. The maximum Gasteiger partial charge on any atom is 0.265 e.